The van der Waals surface area contributed by atoms with Crippen LogP contribution < -0.4 is 0 Å². The van der Waals surface area contributed by atoms with Crippen molar-refractivity contribution in [3.8, 4) is 0 Å². The Labute approximate surface area is 105 Å². The van der Waals surface area contributed by atoms with Crippen molar-refractivity contribution < 1.29 is 27.9 Å². The zero-order valence-electron chi connectivity index (χ0n) is 10.3. The Bertz CT molecular complexity index is 524. The molecule has 0 spiro atoms. The minimum absolute atomic E-state index is 0.0795. The Balaban J connectivity index is 2.41. The molecule has 2 unspecified atom stereocenters. The first-order valence-corrected chi connectivity index (χ1v) is 6.90. The van der Waals surface area contributed by atoms with Crippen molar-refractivity contribution in [2.45, 2.75) is 31.6 Å². The third-order valence-corrected chi connectivity index (χ3v) is 6.21. The summed E-state index contributed by atoms with van der Waals surface area (Å²) in [5.74, 6) is -1.75. The zero-order chi connectivity index (χ0) is 13.9. The third-order valence-electron chi connectivity index (χ3n) is 3.80. The van der Waals surface area contributed by atoms with E-state index in [1.807, 2.05) is 0 Å². The Kier molecular flexibility index (Phi) is 2.54. The van der Waals surface area contributed by atoms with Gasteiger partial charge in [0.05, 0.1) is 19.3 Å². The fourth-order valence-electron chi connectivity index (χ4n) is 2.19. The van der Waals surface area contributed by atoms with E-state index >= 15 is 0 Å². The number of hydrogen-bond donors (Lipinski definition) is 1. The first kappa shape index (κ1) is 13.3. The monoisotopic (exact) mass is 277 g/mol. The highest BCUT2D eigenvalue weighted by molar-refractivity contribution is 7.94. The molecule has 0 radical (unpaired) electrons. The molecule has 0 aromatic carbocycles. The van der Waals surface area contributed by atoms with Crippen molar-refractivity contribution in [2.24, 2.45) is 5.41 Å². The van der Waals surface area contributed by atoms with Crippen molar-refractivity contribution in [1.82, 2.24) is 4.31 Å². The summed E-state index contributed by atoms with van der Waals surface area (Å²) in [6.07, 6.45) is 0. The van der Waals surface area contributed by atoms with Gasteiger partial charge in [-0.1, -0.05) is 0 Å². The van der Waals surface area contributed by atoms with Crippen LogP contribution in [0, 0.1) is 5.41 Å². The van der Waals surface area contributed by atoms with E-state index in [0.717, 1.165) is 0 Å². The number of ether oxygens (including phenoxy) is 1. The normalized spacial score (nSPS) is 37.4. The van der Waals surface area contributed by atoms with Crippen molar-refractivity contribution in [3.63, 3.8) is 0 Å². The Morgan fingerprint density at radius 1 is 1.44 bits per heavy atom. The van der Waals surface area contributed by atoms with Crippen LogP contribution in [0.3, 0.4) is 0 Å². The fourth-order valence-corrected chi connectivity index (χ4v) is 3.95. The van der Waals surface area contributed by atoms with Crippen LogP contribution in [-0.4, -0.2) is 53.7 Å². The molecule has 2 saturated heterocycles. The molecule has 2 aliphatic heterocycles. The molecular weight excluding hydrogens is 262 g/mol. The molecule has 0 aromatic heterocycles. The molecule has 2 aliphatic rings. The van der Waals surface area contributed by atoms with Crippen LogP contribution in [0.5, 0.6) is 0 Å². The maximum Gasteiger partial charge on any atom is 0.313 e. The lowest BCUT2D eigenvalue weighted by Gasteiger charge is -2.48. The van der Waals surface area contributed by atoms with Gasteiger partial charge in [0, 0.05) is 0 Å². The molecular formula is C10H15NO6S. The van der Waals surface area contributed by atoms with Gasteiger partial charge in [-0.2, -0.15) is 0 Å². The second-order valence-electron chi connectivity index (χ2n) is 5.37. The first-order valence-electron chi connectivity index (χ1n) is 5.46. The topological polar surface area (TPSA) is 101 Å². The summed E-state index contributed by atoms with van der Waals surface area (Å²) in [6.45, 7) is 3.84. The number of carboxylic acids is 1. The van der Waals surface area contributed by atoms with E-state index in [1.54, 1.807) is 0 Å². The van der Waals surface area contributed by atoms with Crippen LogP contribution in [0.25, 0.3) is 0 Å². The molecule has 7 nitrogen and oxygen atoms in total. The van der Waals surface area contributed by atoms with Crippen LogP contribution in [0.2, 0.25) is 0 Å². The quantitative estimate of drug-likeness (QED) is 0.725. The summed E-state index contributed by atoms with van der Waals surface area (Å²) >= 11 is 0. The number of rotatable bonds is 2. The number of aliphatic carboxylic acids is 1. The summed E-state index contributed by atoms with van der Waals surface area (Å²) in [5, 5.41) is 9.19. The molecule has 2 heterocycles. The lowest BCUT2D eigenvalue weighted by atomic mass is 9.85. The molecule has 1 amide bonds. The number of amides is 1. The van der Waals surface area contributed by atoms with E-state index in [-0.39, 0.29) is 13.2 Å². The maximum atomic E-state index is 12.0. The number of carboxylic acid groups (broad SMARTS) is 1. The highest BCUT2D eigenvalue weighted by atomic mass is 32.2. The maximum absolute atomic E-state index is 12.0. The number of carbonyl (C=O) groups excluding carboxylic acids is 1. The molecule has 1 N–H and O–H groups in total. The summed E-state index contributed by atoms with van der Waals surface area (Å²) in [5.41, 5.74) is -1.39. The third kappa shape index (κ3) is 1.30. The molecule has 2 atom stereocenters. The van der Waals surface area contributed by atoms with E-state index in [2.05, 4.69) is 0 Å². The van der Waals surface area contributed by atoms with Crippen LogP contribution in [0.1, 0.15) is 20.8 Å². The van der Waals surface area contributed by atoms with Gasteiger partial charge < -0.3 is 9.84 Å². The Morgan fingerprint density at radius 2 is 2.00 bits per heavy atom. The molecule has 0 aliphatic carbocycles. The molecule has 0 saturated carbocycles. The molecule has 2 rings (SSSR count). The highest BCUT2D eigenvalue weighted by Crippen LogP contribution is 2.43. The van der Waals surface area contributed by atoms with Gasteiger partial charge in [-0.15, -0.1) is 0 Å². The highest BCUT2D eigenvalue weighted by Gasteiger charge is 2.66. The van der Waals surface area contributed by atoms with Gasteiger partial charge in [-0.05, 0) is 20.8 Å². The summed E-state index contributed by atoms with van der Waals surface area (Å²) in [7, 11) is -3.80. The van der Waals surface area contributed by atoms with E-state index in [9.17, 15) is 23.1 Å². The van der Waals surface area contributed by atoms with E-state index in [0.29, 0.717) is 4.31 Å². The van der Waals surface area contributed by atoms with E-state index in [1.165, 1.54) is 20.8 Å². The Morgan fingerprint density at radius 3 is 2.44 bits per heavy atom. The van der Waals surface area contributed by atoms with Crippen molar-refractivity contribution in [3.05, 3.63) is 0 Å². The minimum atomic E-state index is -3.80. The minimum Gasteiger partial charge on any atom is -0.481 e. The Hall–Kier alpha value is -1.15. The largest absolute Gasteiger partial charge is 0.481 e. The predicted octanol–water partition coefficient (Wildman–Crippen LogP) is -0.573. The molecule has 18 heavy (non-hydrogen) atoms. The van der Waals surface area contributed by atoms with Crippen molar-refractivity contribution in [2.75, 3.05) is 13.2 Å². The number of nitrogens with zero attached hydrogens (tertiary/aromatic N) is 1. The number of sulfonamides is 1. The molecule has 0 bridgehead atoms. The van der Waals surface area contributed by atoms with Crippen molar-refractivity contribution >= 4 is 21.9 Å². The smallest absolute Gasteiger partial charge is 0.313 e. The molecule has 8 heteroatoms. The first-order chi connectivity index (χ1) is 8.07. The predicted molar refractivity (Wildman–Crippen MR) is 60.2 cm³/mol. The van der Waals surface area contributed by atoms with Crippen LogP contribution >= 0.6 is 0 Å². The second-order valence-corrected chi connectivity index (χ2v) is 7.73. The van der Waals surface area contributed by atoms with Crippen molar-refractivity contribution in [1.29, 1.82) is 0 Å². The standard InChI is InChI=1S/C10H15NO6S/c1-9(2)7(12)11(18(9,15)16)6-4-17-5-10(6,3)8(13)14/h6H,4-5H2,1-3H3,(H,13,14). The SMILES string of the molecule is CC1(C(=O)O)COCC1N1C(=O)C(C)(C)S1(=O)=O. The number of carbonyl (C=O) groups is 2. The van der Waals surface area contributed by atoms with Gasteiger partial charge >= 0.3 is 5.97 Å². The van der Waals surface area contributed by atoms with Crippen LogP contribution in [-0.2, 0) is 24.3 Å². The van der Waals surface area contributed by atoms with E-state index < -0.39 is 38.1 Å². The van der Waals surface area contributed by atoms with Crippen LogP contribution in [0.15, 0.2) is 0 Å². The summed E-state index contributed by atoms with van der Waals surface area (Å²) in [6, 6.07) is -0.972. The van der Waals surface area contributed by atoms with Gasteiger partial charge in [0.2, 0.25) is 0 Å². The average Bonchev–Trinajstić information content (AvgIpc) is 2.61. The van der Waals surface area contributed by atoms with Gasteiger partial charge in [0.25, 0.3) is 15.9 Å². The lowest BCUT2D eigenvalue weighted by molar-refractivity contribution is -0.151. The zero-order valence-corrected chi connectivity index (χ0v) is 11.2. The summed E-state index contributed by atoms with van der Waals surface area (Å²) < 4.78 is 28.3. The fraction of sp³-hybridized carbons (Fsp3) is 0.800. The van der Waals surface area contributed by atoms with Gasteiger partial charge in [-0.25, -0.2) is 12.7 Å². The van der Waals surface area contributed by atoms with Gasteiger partial charge in [0.1, 0.15) is 5.41 Å². The van der Waals surface area contributed by atoms with Gasteiger partial charge in [-0.3, -0.25) is 9.59 Å². The average molecular weight is 277 g/mol. The molecule has 102 valence electrons. The molecule has 2 fully saturated rings. The van der Waals surface area contributed by atoms with E-state index in [4.69, 9.17) is 4.74 Å². The number of hydrogen-bond acceptors (Lipinski definition) is 5. The second kappa shape index (κ2) is 3.45. The summed E-state index contributed by atoms with van der Waals surface area (Å²) in [4.78, 5) is 23.1. The van der Waals surface area contributed by atoms with Crippen LogP contribution in [0.4, 0.5) is 0 Å². The lowest BCUT2D eigenvalue weighted by Crippen LogP contribution is -2.72. The molecule has 0 aromatic rings. The van der Waals surface area contributed by atoms with Gasteiger partial charge in [0.15, 0.2) is 4.75 Å².